The lowest BCUT2D eigenvalue weighted by atomic mass is 10.1. The molecule has 0 saturated heterocycles. The van der Waals surface area contributed by atoms with Crippen LogP contribution in [0.5, 0.6) is 0 Å². The normalized spacial score (nSPS) is 10.4. The Morgan fingerprint density at radius 3 is 2.59 bits per heavy atom. The molecule has 0 bridgehead atoms. The maximum atomic E-state index is 11.4. The highest BCUT2D eigenvalue weighted by Gasteiger charge is 2.14. The third kappa shape index (κ3) is 2.79. The van der Waals surface area contributed by atoms with Crippen molar-refractivity contribution in [1.29, 1.82) is 0 Å². The van der Waals surface area contributed by atoms with Crippen molar-refractivity contribution in [1.82, 2.24) is 24.7 Å². The molecule has 0 unspecified atom stereocenters. The first-order valence-corrected chi connectivity index (χ1v) is 5.80. The predicted molar refractivity (Wildman–Crippen MR) is 81.3 cm³/mol. The summed E-state index contributed by atoms with van der Waals surface area (Å²) in [6.45, 7) is 0.167. The second-order valence-electron chi connectivity index (χ2n) is 4.29. The number of benzene rings is 1. The summed E-state index contributed by atoms with van der Waals surface area (Å²) in [6.07, 6.45) is 2.76. The van der Waals surface area contributed by atoms with Crippen molar-refractivity contribution in [2.75, 3.05) is 0 Å². The van der Waals surface area contributed by atoms with E-state index in [-0.39, 0.29) is 34.7 Å². The Labute approximate surface area is 131 Å². The van der Waals surface area contributed by atoms with Crippen LogP contribution in [0.25, 0.3) is 11.0 Å². The number of fused-ring (bicyclic) bond motifs is 1. The molecule has 0 aliphatic heterocycles. The number of hydrogen-bond donors (Lipinski definition) is 2. The zero-order chi connectivity index (χ0) is 15.0. The number of non-ortho nitro benzene ring substituents is 1. The van der Waals surface area contributed by atoms with Crippen LogP contribution in [0.4, 0.5) is 5.69 Å². The summed E-state index contributed by atoms with van der Waals surface area (Å²) < 4.78 is 1.45. The van der Waals surface area contributed by atoms with Gasteiger partial charge in [-0.1, -0.05) is 0 Å². The number of aromatic nitrogens is 5. The molecule has 2 N–H and O–H groups in total. The first-order valence-electron chi connectivity index (χ1n) is 5.80. The van der Waals surface area contributed by atoms with Crippen LogP contribution in [0.3, 0.4) is 0 Å². The molecular weight excluding hydrogens is 360 g/mol. The quantitative estimate of drug-likeness (QED) is 0.388. The molecular formula is C11H9BrN6O4. The maximum Gasteiger partial charge on any atom is 0.314 e. The van der Waals surface area contributed by atoms with Crippen LogP contribution >= 0.6 is 17.0 Å². The van der Waals surface area contributed by atoms with E-state index >= 15 is 0 Å². The van der Waals surface area contributed by atoms with Crippen LogP contribution < -0.4 is 11.1 Å². The Hall–Kier alpha value is -2.82. The molecule has 0 amide bonds. The van der Waals surface area contributed by atoms with Crippen molar-refractivity contribution in [3.05, 3.63) is 61.2 Å². The minimum atomic E-state index is -0.866. The monoisotopic (exact) mass is 368 g/mol. The number of nitrogens with zero attached hydrogens (tertiary/aromatic N) is 4. The Kier molecular flexibility index (Phi) is 4.17. The van der Waals surface area contributed by atoms with Gasteiger partial charge < -0.3 is 9.97 Å². The van der Waals surface area contributed by atoms with Gasteiger partial charge in [0.05, 0.1) is 22.5 Å². The second-order valence-corrected chi connectivity index (χ2v) is 4.29. The molecule has 10 nitrogen and oxygen atoms in total. The first kappa shape index (κ1) is 15.6. The third-order valence-corrected chi connectivity index (χ3v) is 2.91. The molecule has 0 aliphatic carbocycles. The average molecular weight is 369 g/mol. The SMILES string of the molecule is Br.O=c1[nH]c2cc([N+](=O)[O-])cc(Cn3cncn3)c2[nH]c1=O. The highest BCUT2D eigenvalue weighted by molar-refractivity contribution is 8.93. The number of hydrogen-bond acceptors (Lipinski definition) is 6. The van der Waals surface area contributed by atoms with Crippen molar-refractivity contribution in [2.45, 2.75) is 6.54 Å². The molecule has 0 spiro atoms. The summed E-state index contributed by atoms with van der Waals surface area (Å²) in [4.78, 5) is 41.7. The maximum absolute atomic E-state index is 11.4. The fourth-order valence-corrected chi connectivity index (χ4v) is 2.00. The predicted octanol–water partition coefficient (Wildman–Crippen LogP) is 0.342. The standard InChI is InChI=1S/C11H8N6O4.BrH/c18-10-11(19)15-9-6(3-16-5-12-4-13-16)1-7(17(20)21)2-8(9)14-10;/h1-2,4-5H,3H2,(H,14,18)(H,15,19);1H. The zero-order valence-corrected chi connectivity index (χ0v) is 12.6. The molecule has 1 aromatic carbocycles. The van der Waals surface area contributed by atoms with Gasteiger partial charge in [-0.2, -0.15) is 5.10 Å². The van der Waals surface area contributed by atoms with Crippen LogP contribution in [0.2, 0.25) is 0 Å². The largest absolute Gasteiger partial charge is 0.316 e. The van der Waals surface area contributed by atoms with Gasteiger partial charge >= 0.3 is 11.1 Å². The number of nitro benzene ring substituents is 1. The van der Waals surface area contributed by atoms with E-state index in [9.17, 15) is 19.7 Å². The smallest absolute Gasteiger partial charge is 0.314 e. The van der Waals surface area contributed by atoms with Gasteiger partial charge in [0, 0.05) is 17.7 Å². The van der Waals surface area contributed by atoms with E-state index in [2.05, 4.69) is 20.1 Å². The molecule has 0 atom stereocenters. The van der Waals surface area contributed by atoms with Gasteiger partial charge in [-0.3, -0.25) is 19.7 Å². The minimum Gasteiger partial charge on any atom is -0.316 e. The Morgan fingerprint density at radius 2 is 1.95 bits per heavy atom. The molecule has 0 fully saturated rings. The molecule has 0 aliphatic rings. The molecule has 2 heterocycles. The number of aromatic amines is 2. The molecule has 2 aromatic heterocycles. The molecule has 3 rings (SSSR count). The van der Waals surface area contributed by atoms with Gasteiger partial charge in [0.25, 0.3) is 5.69 Å². The molecule has 0 radical (unpaired) electrons. The van der Waals surface area contributed by atoms with Crippen molar-refractivity contribution in [2.24, 2.45) is 0 Å². The highest BCUT2D eigenvalue weighted by Crippen LogP contribution is 2.21. The van der Waals surface area contributed by atoms with Crippen LogP contribution in [0.15, 0.2) is 34.4 Å². The summed E-state index contributed by atoms with van der Waals surface area (Å²) in [5, 5.41) is 14.9. The first-order chi connectivity index (χ1) is 10.0. The van der Waals surface area contributed by atoms with Gasteiger partial charge in [-0.05, 0) is 0 Å². The van der Waals surface area contributed by atoms with E-state index in [0.717, 1.165) is 0 Å². The number of halogens is 1. The van der Waals surface area contributed by atoms with Crippen molar-refractivity contribution in [3.63, 3.8) is 0 Å². The van der Waals surface area contributed by atoms with Crippen LogP contribution in [0.1, 0.15) is 5.56 Å². The lowest BCUT2D eigenvalue weighted by molar-refractivity contribution is -0.384. The summed E-state index contributed by atoms with van der Waals surface area (Å²) in [7, 11) is 0. The van der Waals surface area contributed by atoms with Crippen LogP contribution in [-0.4, -0.2) is 29.7 Å². The van der Waals surface area contributed by atoms with Crippen LogP contribution in [0, 0.1) is 10.1 Å². The van der Waals surface area contributed by atoms with E-state index < -0.39 is 16.0 Å². The van der Waals surface area contributed by atoms with E-state index in [1.807, 2.05) is 0 Å². The molecule has 114 valence electrons. The van der Waals surface area contributed by atoms with Gasteiger partial charge in [0.2, 0.25) is 0 Å². The summed E-state index contributed by atoms with van der Waals surface area (Å²) in [5.74, 6) is 0. The Bertz CT molecular complexity index is 945. The summed E-state index contributed by atoms with van der Waals surface area (Å²) in [6, 6.07) is 2.51. The second kappa shape index (κ2) is 5.89. The van der Waals surface area contributed by atoms with E-state index in [1.54, 1.807) is 0 Å². The van der Waals surface area contributed by atoms with E-state index in [1.165, 1.54) is 29.5 Å². The Morgan fingerprint density at radius 1 is 1.23 bits per heavy atom. The fourth-order valence-electron chi connectivity index (χ4n) is 2.00. The van der Waals surface area contributed by atoms with Gasteiger partial charge in [-0.15, -0.1) is 17.0 Å². The Balaban J connectivity index is 0.00000176. The summed E-state index contributed by atoms with van der Waals surface area (Å²) >= 11 is 0. The number of rotatable bonds is 3. The molecule has 11 heteroatoms. The highest BCUT2D eigenvalue weighted by atomic mass is 79.9. The minimum absolute atomic E-state index is 0. The topological polar surface area (TPSA) is 140 Å². The van der Waals surface area contributed by atoms with Crippen molar-refractivity contribution in [3.8, 4) is 0 Å². The van der Waals surface area contributed by atoms with Crippen molar-refractivity contribution < 1.29 is 4.92 Å². The van der Waals surface area contributed by atoms with Crippen molar-refractivity contribution >= 4 is 33.7 Å². The summed E-state index contributed by atoms with van der Waals surface area (Å²) in [5.41, 5.74) is -0.936. The number of H-pyrrole nitrogens is 2. The van der Waals surface area contributed by atoms with Crippen LogP contribution in [-0.2, 0) is 6.54 Å². The van der Waals surface area contributed by atoms with Gasteiger partial charge in [0.1, 0.15) is 12.7 Å². The fraction of sp³-hybridized carbons (Fsp3) is 0.0909. The van der Waals surface area contributed by atoms with E-state index in [0.29, 0.717) is 11.1 Å². The zero-order valence-electron chi connectivity index (χ0n) is 10.8. The third-order valence-electron chi connectivity index (χ3n) is 2.91. The number of nitrogens with one attached hydrogen (secondary N) is 2. The average Bonchev–Trinajstić information content (AvgIpc) is 2.93. The lowest BCUT2D eigenvalue weighted by Gasteiger charge is -2.06. The molecule has 22 heavy (non-hydrogen) atoms. The van der Waals surface area contributed by atoms with E-state index in [4.69, 9.17) is 0 Å². The molecule has 3 aromatic rings. The van der Waals surface area contributed by atoms with Gasteiger partial charge in [0.15, 0.2) is 0 Å². The van der Waals surface area contributed by atoms with Gasteiger partial charge in [-0.25, -0.2) is 9.67 Å². The number of nitro groups is 1. The molecule has 0 saturated carbocycles. The lowest BCUT2D eigenvalue weighted by Crippen LogP contribution is -2.29.